The van der Waals surface area contributed by atoms with Crippen LogP contribution in [-0.2, 0) is 16.4 Å². The lowest BCUT2D eigenvalue weighted by Gasteiger charge is -2.27. The van der Waals surface area contributed by atoms with Crippen LogP contribution < -0.4 is 10.0 Å². The number of sulfonamides is 1. The van der Waals surface area contributed by atoms with E-state index < -0.39 is 10.0 Å². The third-order valence-electron chi connectivity index (χ3n) is 3.80. The van der Waals surface area contributed by atoms with Gasteiger partial charge in [-0.3, -0.25) is 0 Å². The first kappa shape index (κ1) is 15.6. The van der Waals surface area contributed by atoms with Gasteiger partial charge in [0.15, 0.2) is 4.21 Å². The molecule has 0 amide bonds. The van der Waals surface area contributed by atoms with E-state index in [0.717, 1.165) is 18.0 Å². The van der Waals surface area contributed by atoms with Crippen LogP contribution in [-0.4, -0.2) is 26.5 Å². The smallest absolute Gasteiger partial charge is 0.252 e. The standard InChI is InChI=1S/C15H19N3O2S2/c1-10-15(21-11(2)18-10)22(19,20)17-9-14-13-6-4-3-5-12(13)7-8-16-14/h3-6,14,16-17H,7-9H2,1-2H3. The van der Waals surface area contributed by atoms with Gasteiger partial charge in [0.2, 0.25) is 0 Å². The summed E-state index contributed by atoms with van der Waals surface area (Å²) in [6.45, 7) is 4.75. The van der Waals surface area contributed by atoms with E-state index >= 15 is 0 Å². The molecular formula is C15H19N3O2S2. The topological polar surface area (TPSA) is 71.1 Å². The number of rotatable bonds is 4. The number of nitrogens with one attached hydrogen (secondary N) is 2. The molecule has 0 saturated carbocycles. The molecule has 0 radical (unpaired) electrons. The van der Waals surface area contributed by atoms with Crippen LogP contribution in [0, 0.1) is 13.8 Å². The van der Waals surface area contributed by atoms with Gasteiger partial charge in [0.25, 0.3) is 10.0 Å². The van der Waals surface area contributed by atoms with Gasteiger partial charge in [-0.1, -0.05) is 24.3 Å². The second kappa shape index (κ2) is 6.08. The fraction of sp³-hybridized carbons (Fsp3) is 0.400. The van der Waals surface area contributed by atoms with E-state index in [1.54, 1.807) is 6.92 Å². The lowest BCUT2D eigenvalue weighted by molar-refractivity contribution is 0.492. The molecule has 2 N–H and O–H groups in total. The Kier molecular flexibility index (Phi) is 4.31. The normalized spacial score (nSPS) is 18.2. The maximum Gasteiger partial charge on any atom is 0.252 e. The highest BCUT2D eigenvalue weighted by Gasteiger charge is 2.24. The Morgan fingerprint density at radius 3 is 2.86 bits per heavy atom. The number of aromatic nitrogens is 1. The molecule has 1 aliphatic heterocycles. The summed E-state index contributed by atoms with van der Waals surface area (Å²) in [5, 5.41) is 4.14. The van der Waals surface area contributed by atoms with Gasteiger partial charge in [0.1, 0.15) is 0 Å². The molecule has 0 fully saturated rings. The minimum atomic E-state index is -3.51. The molecule has 3 rings (SSSR count). The van der Waals surface area contributed by atoms with Gasteiger partial charge in [0, 0.05) is 12.6 Å². The van der Waals surface area contributed by atoms with E-state index in [4.69, 9.17) is 0 Å². The van der Waals surface area contributed by atoms with Crippen molar-refractivity contribution in [1.29, 1.82) is 0 Å². The van der Waals surface area contributed by atoms with E-state index in [2.05, 4.69) is 27.2 Å². The lowest BCUT2D eigenvalue weighted by Crippen LogP contribution is -2.38. The molecule has 1 unspecified atom stereocenters. The molecule has 1 aliphatic rings. The first-order valence-electron chi connectivity index (χ1n) is 7.22. The van der Waals surface area contributed by atoms with Crippen molar-refractivity contribution in [3.8, 4) is 0 Å². The van der Waals surface area contributed by atoms with Crippen LogP contribution in [0.5, 0.6) is 0 Å². The van der Waals surface area contributed by atoms with Crippen LogP contribution in [0.1, 0.15) is 27.9 Å². The summed E-state index contributed by atoms with van der Waals surface area (Å²) in [5.74, 6) is 0. The summed E-state index contributed by atoms with van der Waals surface area (Å²) < 4.78 is 27.9. The average Bonchev–Trinajstić information content (AvgIpc) is 2.85. The molecule has 22 heavy (non-hydrogen) atoms. The van der Waals surface area contributed by atoms with E-state index in [9.17, 15) is 8.42 Å². The molecular weight excluding hydrogens is 318 g/mol. The van der Waals surface area contributed by atoms with Gasteiger partial charge in [-0.2, -0.15) is 0 Å². The SMILES string of the molecule is Cc1nc(C)c(S(=O)(=O)NCC2NCCc3ccccc32)s1. The maximum atomic E-state index is 12.5. The molecule has 118 valence electrons. The van der Waals surface area contributed by atoms with Gasteiger partial charge in [-0.15, -0.1) is 11.3 Å². The van der Waals surface area contributed by atoms with Crippen LogP contribution >= 0.6 is 11.3 Å². The minimum Gasteiger partial charge on any atom is -0.308 e. The van der Waals surface area contributed by atoms with Crippen molar-refractivity contribution in [2.45, 2.75) is 30.5 Å². The number of nitrogens with zero attached hydrogens (tertiary/aromatic N) is 1. The number of benzene rings is 1. The van der Waals surface area contributed by atoms with Gasteiger partial charge >= 0.3 is 0 Å². The van der Waals surface area contributed by atoms with Gasteiger partial charge in [-0.25, -0.2) is 18.1 Å². The first-order valence-corrected chi connectivity index (χ1v) is 9.52. The monoisotopic (exact) mass is 337 g/mol. The Bertz CT molecular complexity index is 784. The zero-order valence-electron chi connectivity index (χ0n) is 12.6. The Hall–Kier alpha value is -1.28. The summed E-state index contributed by atoms with van der Waals surface area (Å²) in [5.41, 5.74) is 3.02. The second-order valence-corrected chi connectivity index (χ2v) is 8.58. The Morgan fingerprint density at radius 1 is 1.36 bits per heavy atom. The van der Waals surface area contributed by atoms with Crippen molar-refractivity contribution in [2.24, 2.45) is 0 Å². The molecule has 0 spiro atoms. The number of aryl methyl sites for hydroxylation is 2. The molecule has 1 aromatic heterocycles. The van der Waals surface area contributed by atoms with Crippen LogP contribution in [0.2, 0.25) is 0 Å². The largest absolute Gasteiger partial charge is 0.308 e. The van der Waals surface area contributed by atoms with Gasteiger partial charge < -0.3 is 5.32 Å². The molecule has 5 nitrogen and oxygen atoms in total. The molecule has 1 aromatic carbocycles. The van der Waals surface area contributed by atoms with E-state index in [-0.39, 0.29) is 6.04 Å². The van der Waals surface area contributed by atoms with E-state index in [0.29, 0.717) is 16.4 Å². The highest BCUT2D eigenvalue weighted by Crippen LogP contribution is 2.25. The van der Waals surface area contributed by atoms with Gasteiger partial charge in [0.05, 0.1) is 10.7 Å². The van der Waals surface area contributed by atoms with E-state index in [1.807, 2.05) is 19.1 Å². The molecule has 2 heterocycles. The van der Waals surface area contributed by atoms with Crippen molar-refractivity contribution in [3.63, 3.8) is 0 Å². The third-order valence-corrected chi connectivity index (χ3v) is 6.90. The molecule has 0 saturated heterocycles. The summed E-state index contributed by atoms with van der Waals surface area (Å²) in [6, 6.07) is 8.18. The van der Waals surface area contributed by atoms with Crippen LogP contribution in [0.3, 0.4) is 0 Å². The van der Waals surface area contributed by atoms with E-state index in [1.165, 1.54) is 22.5 Å². The summed E-state index contributed by atoms with van der Waals surface area (Å²) in [6.07, 6.45) is 0.979. The van der Waals surface area contributed by atoms with Crippen molar-refractivity contribution >= 4 is 21.4 Å². The Balaban J connectivity index is 1.77. The molecule has 7 heteroatoms. The average molecular weight is 337 g/mol. The highest BCUT2D eigenvalue weighted by atomic mass is 32.2. The summed E-state index contributed by atoms with van der Waals surface area (Å²) in [7, 11) is -3.51. The molecule has 2 aromatic rings. The lowest BCUT2D eigenvalue weighted by atomic mass is 9.95. The first-order chi connectivity index (χ1) is 10.5. The number of thiazole rings is 1. The minimum absolute atomic E-state index is 0.00838. The Morgan fingerprint density at radius 2 is 2.14 bits per heavy atom. The highest BCUT2D eigenvalue weighted by molar-refractivity contribution is 7.91. The number of fused-ring (bicyclic) bond motifs is 1. The summed E-state index contributed by atoms with van der Waals surface area (Å²) >= 11 is 1.21. The molecule has 0 aliphatic carbocycles. The second-order valence-electron chi connectivity index (χ2n) is 5.41. The predicted molar refractivity (Wildman–Crippen MR) is 87.7 cm³/mol. The molecule has 0 bridgehead atoms. The zero-order valence-corrected chi connectivity index (χ0v) is 14.2. The zero-order chi connectivity index (χ0) is 15.7. The fourth-order valence-corrected chi connectivity index (χ4v) is 5.37. The van der Waals surface area contributed by atoms with Crippen LogP contribution in [0.25, 0.3) is 0 Å². The van der Waals surface area contributed by atoms with Crippen molar-refractivity contribution < 1.29 is 8.42 Å². The number of hydrogen-bond donors (Lipinski definition) is 2. The third kappa shape index (κ3) is 3.08. The fourth-order valence-electron chi connectivity index (χ4n) is 2.80. The maximum absolute atomic E-state index is 12.5. The molecule has 1 atom stereocenters. The van der Waals surface area contributed by atoms with Crippen LogP contribution in [0.4, 0.5) is 0 Å². The van der Waals surface area contributed by atoms with Crippen molar-refractivity contribution in [3.05, 3.63) is 46.1 Å². The number of hydrogen-bond acceptors (Lipinski definition) is 5. The van der Waals surface area contributed by atoms with Crippen molar-refractivity contribution in [2.75, 3.05) is 13.1 Å². The van der Waals surface area contributed by atoms with Crippen molar-refractivity contribution in [1.82, 2.24) is 15.0 Å². The van der Waals surface area contributed by atoms with Gasteiger partial charge in [-0.05, 0) is 37.9 Å². The quantitative estimate of drug-likeness (QED) is 0.894. The predicted octanol–water partition coefficient (Wildman–Crippen LogP) is 1.93. The van der Waals surface area contributed by atoms with Crippen LogP contribution in [0.15, 0.2) is 28.5 Å². The summed E-state index contributed by atoms with van der Waals surface area (Å²) in [4.78, 5) is 4.19. The Labute approximate surface area is 134 Å².